The lowest BCUT2D eigenvalue weighted by atomic mass is 9.93. The highest BCUT2D eigenvalue weighted by molar-refractivity contribution is 5.91. The lowest BCUT2D eigenvalue weighted by Crippen LogP contribution is -2.08. The Hall–Kier alpha value is -4.18. The molecule has 0 N–H and O–H groups in total. The van der Waals surface area contributed by atoms with Gasteiger partial charge >= 0.3 is 5.97 Å². The summed E-state index contributed by atoms with van der Waals surface area (Å²) in [6, 6.07) is 29.6. The molecule has 0 heterocycles. The van der Waals surface area contributed by atoms with E-state index in [-0.39, 0.29) is 5.82 Å². The molecule has 0 aromatic heterocycles. The monoisotopic (exact) mass is 480 g/mol. The second-order valence-corrected chi connectivity index (χ2v) is 8.62. The highest BCUT2D eigenvalue weighted by Crippen LogP contribution is 2.23. The summed E-state index contributed by atoms with van der Waals surface area (Å²) in [4.78, 5) is 12.4. The van der Waals surface area contributed by atoms with Gasteiger partial charge in [-0.25, -0.2) is 9.18 Å². The topological polar surface area (TPSA) is 35.5 Å². The van der Waals surface area contributed by atoms with Crippen LogP contribution in [0.1, 0.15) is 52.4 Å². The summed E-state index contributed by atoms with van der Waals surface area (Å²) >= 11 is 0. The molecule has 0 fully saturated rings. The Labute approximate surface area is 211 Å². The minimum absolute atomic E-state index is 0.250. The van der Waals surface area contributed by atoms with Crippen molar-refractivity contribution in [2.24, 2.45) is 0 Å². The van der Waals surface area contributed by atoms with E-state index in [0.717, 1.165) is 23.3 Å². The zero-order valence-corrected chi connectivity index (χ0v) is 20.5. The minimum Gasteiger partial charge on any atom is -0.494 e. The summed E-state index contributed by atoms with van der Waals surface area (Å²) in [5.41, 5.74) is 4.02. The van der Waals surface area contributed by atoms with Crippen molar-refractivity contribution in [1.29, 1.82) is 0 Å². The van der Waals surface area contributed by atoms with Gasteiger partial charge < -0.3 is 9.47 Å². The third-order valence-corrected chi connectivity index (χ3v) is 5.92. The Morgan fingerprint density at radius 3 is 2.22 bits per heavy atom. The highest BCUT2D eigenvalue weighted by Gasteiger charge is 2.10. The number of ether oxygens (including phenoxy) is 2. The molecule has 0 bridgehead atoms. The minimum atomic E-state index is -0.443. The summed E-state index contributed by atoms with van der Waals surface area (Å²) in [6.07, 6.45) is 4.35. The van der Waals surface area contributed by atoms with Gasteiger partial charge in [0.05, 0.1) is 12.2 Å². The van der Waals surface area contributed by atoms with Crippen LogP contribution in [0.25, 0.3) is 12.2 Å². The van der Waals surface area contributed by atoms with Crippen LogP contribution in [0.5, 0.6) is 11.5 Å². The Morgan fingerprint density at radius 2 is 1.56 bits per heavy atom. The van der Waals surface area contributed by atoms with Gasteiger partial charge in [-0.2, -0.15) is 0 Å². The van der Waals surface area contributed by atoms with Gasteiger partial charge in [0, 0.05) is 5.56 Å². The van der Waals surface area contributed by atoms with Crippen molar-refractivity contribution < 1.29 is 18.7 Å². The number of hydrogen-bond acceptors (Lipinski definition) is 3. The molecule has 0 spiro atoms. The van der Waals surface area contributed by atoms with E-state index in [2.05, 4.69) is 19.1 Å². The van der Waals surface area contributed by atoms with Crippen molar-refractivity contribution in [1.82, 2.24) is 0 Å². The molecule has 4 aromatic rings. The van der Waals surface area contributed by atoms with E-state index >= 15 is 0 Å². The molecule has 0 saturated carbocycles. The van der Waals surface area contributed by atoms with Crippen LogP contribution in [0.15, 0.2) is 97.1 Å². The van der Waals surface area contributed by atoms with Crippen molar-refractivity contribution in [3.8, 4) is 11.5 Å². The number of halogens is 1. The number of rotatable bonds is 9. The maximum absolute atomic E-state index is 14.7. The van der Waals surface area contributed by atoms with Crippen molar-refractivity contribution in [3.05, 3.63) is 131 Å². The van der Waals surface area contributed by atoms with Crippen molar-refractivity contribution in [2.45, 2.75) is 26.2 Å². The Balaban J connectivity index is 1.35. The number of hydrogen-bond donors (Lipinski definition) is 0. The van der Waals surface area contributed by atoms with Gasteiger partial charge in [-0.3, -0.25) is 0 Å². The largest absolute Gasteiger partial charge is 0.494 e. The molecule has 0 aliphatic carbocycles. The lowest BCUT2D eigenvalue weighted by molar-refractivity contribution is 0.0734. The lowest BCUT2D eigenvalue weighted by Gasteiger charge is -2.12. The van der Waals surface area contributed by atoms with Crippen LogP contribution in [0.3, 0.4) is 0 Å². The third kappa shape index (κ3) is 6.70. The third-order valence-electron chi connectivity index (χ3n) is 5.92. The van der Waals surface area contributed by atoms with Gasteiger partial charge in [0.15, 0.2) is 0 Å². The molecule has 182 valence electrons. The zero-order valence-electron chi connectivity index (χ0n) is 20.5. The average molecular weight is 481 g/mol. The summed E-state index contributed by atoms with van der Waals surface area (Å²) in [5, 5.41) is 0. The first-order chi connectivity index (χ1) is 17.5. The molecule has 0 radical (unpaired) electrons. The van der Waals surface area contributed by atoms with E-state index in [4.69, 9.17) is 9.47 Å². The zero-order chi connectivity index (χ0) is 25.3. The van der Waals surface area contributed by atoms with Gasteiger partial charge in [-0.05, 0) is 78.4 Å². The summed E-state index contributed by atoms with van der Waals surface area (Å²) < 4.78 is 25.5. The predicted molar refractivity (Wildman–Crippen MR) is 143 cm³/mol. The molecule has 36 heavy (non-hydrogen) atoms. The fourth-order valence-corrected chi connectivity index (χ4v) is 3.94. The van der Waals surface area contributed by atoms with E-state index in [1.165, 1.54) is 5.56 Å². The van der Waals surface area contributed by atoms with Crippen molar-refractivity contribution >= 4 is 18.1 Å². The Bertz CT molecular complexity index is 1310. The molecule has 1 atom stereocenters. The van der Waals surface area contributed by atoms with Crippen LogP contribution >= 0.6 is 0 Å². The fraction of sp³-hybridized carbons (Fsp3) is 0.156. The second kappa shape index (κ2) is 12.0. The number of esters is 1. The first kappa shape index (κ1) is 24.9. The molecular weight excluding hydrogens is 451 g/mol. The van der Waals surface area contributed by atoms with Crippen LogP contribution in [0.4, 0.5) is 4.39 Å². The average Bonchev–Trinajstić information content (AvgIpc) is 2.90. The Kier molecular flexibility index (Phi) is 8.30. The maximum atomic E-state index is 14.7. The fourth-order valence-electron chi connectivity index (χ4n) is 3.94. The molecular formula is C32H29FO3. The van der Waals surface area contributed by atoms with E-state index < -0.39 is 5.97 Å². The maximum Gasteiger partial charge on any atom is 0.343 e. The van der Waals surface area contributed by atoms with E-state index in [0.29, 0.717) is 29.4 Å². The van der Waals surface area contributed by atoms with Gasteiger partial charge in [0.1, 0.15) is 17.3 Å². The van der Waals surface area contributed by atoms with Crippen LogP contribution < -0.4 is 9.47 Å². The van der Waals surface area contributed by atoms with Crippen LogP contribution in [-0.2, 0) is 6.42 Å². The smallest absolute Gasteiger partial charge is 0.343 e. The molecule has 4 aromatic carbocycles. The van der Waals surface area contributed by atoms with Gasteiger partial charge in [-0.1, -0.05) is 73.7 Å². The standard InChI is InChI=1S/C32H29FO3/c1-3-35-29-17-19-30(20-18-29)36-32(34)28-15-10-24(11-16-28)9-13-27-14-12-25(22-31(27)33)21-23(2)26-7-5-4-6-8-26/h4-20,22-23H,3,21H2,1-2H3/t23-/m0/s1. The van der Waals surface area contributed by atoms with Crippen molar-refractivity contribution in [2.75, 3.05) is 6.61 Å². The SMILES string of the molecule is CCOc1ccc(OC(=O)c2ccc(C=Cc3ccc(C[C@H](C)c4ccccc4)cc3F)cc2)cc1. The van der Waals surface area contributed by atoms with Crippen LogP contribution in [-0.4, -0.2) is 12.6 Å². The normalized spacial score (nSPS) is 11.9. The van der Waals surface area contributed by atoms with Gasteiger partial charge in [-0.15, -0.1) is 0 Å². The molecule has 3 nitrogen and oxygen atoms in total. The molecule has 0 unspecified atom stereocenters. The summed E-state index contributed by atoms with van der Waals surface area (Å²) in [6.45, 7) is 4.64. The summed E-state index contributed by atoms with van der Waals surface area (Å²) in [5.74, 6) is 0.790. The van der Waals surface area contributed by atoms with E-state index in [1.54, 1.807) is 66.7 Å². The van der Waals surface area contributed by atoms with E-state index in [1.807, 2.05) is 37.3 Å². The molecule has 0 amide bonds. The number of benzene rings is 4. The number of carbonyl (C=O) groups is 1. The Morgan fingerprint density at radius 1 is 0.861 bits per heavy atom. The quantitative estimate of drug-likeness (QED) is 0.138. The van der Waals surface area contributed by atoms with Crippen LogP contribution in [0, 0.1) is 5.82 Å². The van der Waals surface area contributed by atoms with Gasteiger partial charge in [0.2, 0.25) is 0 Å². The molecule has 4 heteroatoms. The number of carbonyl (C=O) groups excluding carboxylic acids is 1. The predicted octanol–water partition coefficient (Wildman–Crippen LogP) is 7.96. The molecule has 0 aliphatic rings. The first-order valence-corrected chi connectivity index (χ1v) is 12.1. The van der Waals surface area contributed by atoms with Crippen molar-refractivity contribution in [3.63, 3.8) is 0 Å². The molecule has 0 saturated heterocycles. The van der Waals surface area contributed by atoms with Gasteiger partial charge in [0.25, 0.3) is 0 Å². The molecule has 0 aliphatic heterocycles. The van der Waals surface area contributed by atoms with E-state index in [9.17, 15) is 9.18 Å². The van der Waals surface area contributed by atoms with Crippen LogP contribution in [0.2, 0.25) is 0 Å². The first-order valence-electron chi connectivity index (χ1n) is 12.1. The molecule has 4 rings (SSSR count). The summed E-state index contributed by atoms with van der Waals surface area (Å²) in [7, 11) is 0. The second-order valence-electron chi connectivity index (χ2n) is 8.62. The highest BCUT2D eigenvalue weighted by atomic mass is 19.1.